The summed E-state index contributed by atoms with van der Waals surface area (Å²) in [4.78, 5) is 12.0. The highest BCUT2D eigenvalue weighted by Gasteiger charge is 2.16. The van der Waals surface area contributed by atoms with Crippen LogP contribution in [-0.4, -0.2) is 94.9 Å². The number of aromatic nitrogens is 5. The van der Waals surface area contributed by atoms with Crippen molar-refractivity contribution in [3.05, 3.63) is 36.2 Å². The summed E-state index contributed by atoms with van der Waals surface area (Å²) in [7, 11) is 0. The fraction of sp³-hybridized carbons (Fsp3) is 0.615. The van der Waals surface area contributed by atoms with Crippen LogP contribution in [0.1, 0.15) is 31.4 Å². The molecule has 3 aromatic rings. The fourth-order valence-corrected chi connectivity index (χ4v) is 4.87. The van der Waals surface area contributed by atoms with E-state index >= 15 is 0 Å². The Kier molecular flexibility index (Phi) is 9.49. The van der Waals surface area contributed by atoms with Crippen LogP contribution in [0.3, 0.4) is 0 Å². The molecule has 200 valence electrons. The third-order valence-corrected chi connectivity index (χ3v) is 6.97. The van der Waals surface area contributed by atoms with Gasteiger partial charge in [-0.1, -0.05) is 17.3 Å². The molecule has 0 aliphatic carbocycles. The average molecular weight is 509 g/mol. The molecule has 4 N–H and O–H groups in total. The van der Waals surface area contributed by atoms with E-state index in [1.807, 2.05) is 29.1 Å². The highest BCUT2D eigenvalue weighted by molar-refractivity contribution is 5.90. The van der Waals surface area contributed by atoms with E-state index < -0.39 is 0 Å². The Bertz CT molecular complexity index is 1090. The summed E-state index contributed by atoms with van der Waals surface area (Å²) >= 11 is 0. The first-order chi connectivity index (χ1) is 18.3. The van der Waals surface area contributed by atoms with Gasteiger partial charge in [-0.05, 0) is 70.5 Å². The van der Waals surface area contributed by atoms with Gasteiger partial charge in [-0.15, -0.1) is 5.10 Å². The van der Waals surface area contributed by atoms with Crippen LogP contribution in [0, 0.1) is 0 Å². The van der Waals surface area contributed by atoms with Crippen molar-refractivity contribution < 1.29 is 4.74 Å². The van der Waals surface area contributed by atoms with E-state index in [1.54, 1.807) is 0 Å². The summed E-state index contributed by atoms with van der Waals surface area (Å²) < 4.78 is 7.32. The maximum atomic E-state index is 5.40. The number of hydrogen-bond acceptors (Lipinski definition) is 10. The van der Waals surface area contributed by atoms with Crippen LogP contribution in [0.2, 0.25) is 0 Å². The molecule has 2 aliphatic rings. The lowest BCUT2D eigenvalue weighted by molar-refractivity contribution is 0.0374. The van der Waals surface area contributed by atoms with E-state index in [1.165, 1.54) is 6.42 Å². The number of nitrogens with one attached hydrogen (secondary N) is 4. The van der Waals surface area contributed by atoms with E-state index in [4.69, 9.17) is 14.7 Å². The van der Waals surface area contributed by atoms with Crippen molar-refractivity contribution in [2.75, 3.05) is 69.7 Å². The van der Waals surface area contributed by atoms with Gasteiger partial charge in [0.05, 0.1) is 31.5 Å². The number of fused-ring (bicyclic) bond motifs is 1. The van der Waals surface area contributed by atoms with Crippen LogP contribution in [0.5, 0.6) is 0 Å². The number of ether oxygens (including phenoxy) is 1. The minimum Gasteiger partial charge on any atom is -0.379 e. The minimum absolute atomic E-state index is 0.423. The Morgan fingerprint density at radius 1 is 1.00 bits per heavy atom. The lowest BCUT2D eigenvalue weighted by atomic mass is 10.1. The smallest absolute Gasteiger partial charge is 0.225 e. The molecular weight excluding hydrogens is 468 g/mol. The average Bonchev–Trinajstić information content (AvgIpc) is 3.40. The summed E-state index contributed by atoms with van der Waals surface area (Å²) in [6.07, 6.45) is 6.38. The molecule has 2 fully saturated rings. The van der Waals surface area contributed by atoms with E-state index in [-0.39, 0.29) is 0 Å². The monoisotopic (exact) mass is 508 g/mol. The maximum Gasteiger partial charge on any atom is 0.225 e. The standard InChI is InChI=1S/C26H40N10O/c1-2-6-24-23(5-1)25(30-21-7-11-28-12-8-21)32-26(31-24)29-19-22-20-36(34-33-22)14-4-10-27-9-3-13-35-15-17-37-18-16-35/h1-2,5-6,20-21,27-28H,3-4,7-19H2,(H2,29,30,31,32). The van der Waals surface area contributed by atoms with Crippen LogP contribution in [0.25, 0.3) is 10.9 Å². The second-order valence-electron chi connectivity index (χ2n) is 9.82. The first-order valence-electron chi connectivity index (χ1n) is 13.7. The van der Waals surface area contributed by atoms with Crippen molar-refractivity contribution in [2.24, 2.45) is 0 Å². The third-order valence-electron chi connectivity index (χ3n) is 6.97. The Balaban J connectivity index is 1.05. The number of piperidine rings is 1. The first-order valence-corrected chi connectivity index (χ1v) is 13.7. The second kappa shape index (κ2) is 13.6. The molecule has 4 heterocycles. The normalized spacial score (nSPS) is 17.3. The SMILES string of the molecule is c1ccc2c(NC3CCNCC3)nc(NCc3cn(CCCNCCCN4CCOCC4)nn3)nc2c1. The molecule has 0 bridgehead atoms. The zero-order valence-electron chi connectivity index (χ0n) is 21.7. The number of rotatable bonds is 13. The van der Waals surface area contributed by atoms with Crippen LogP contribution < -0.4 is 21.3 Å². The van der Waals surface area contributed by atoms with Crippen molar-refractivity contribution >= 4 is 22.7 Å². The number of para-hydroxylation sites is 1. The molecule has 2 aliphatic heterocycles. The molecule has 2 saturated heterocycles. The topological polar surface area (TPSA) is 117 Å². The summed E-state index contributed by atoms with van der Waals surface area (Å²) in [5.41, 5.74) is 1.81. The van der Waals surface area contributed by atoms with Crippen LogP contribution >= 0.6 is 0 Å². The molecule has 0 unspecified atom stereocenters. The van der Waals surface area contributed by atoms with Gasteiger partial charge in [0.15, 0.2) is 0 Å². The van der Waals surface area contributed by atoms with Gasteiger partial charge < -0.3 is 26.0 Å². The Morgan fingerprint density at radius 2 is 1.81 bits per heavy atom. The van der Waals surface area contributed by atoms with Crippen LogP contribution in [0.15, 0.2) is 30.5 Å². The molecule has 0 amide bonds. The number of nitrogens with zero attached hydrogens (tertiary/aromatic N) is 6. The molecule has 0 spiro atoms. The van der Waals surface area contributed by atoms with Gasteiger partial charge >= 0.3 is 0 Å². The van der Waals surface area contributed by atoms with Crippen molar-refractivity contribution in [3.8, 4) is 0 Å². The van der Waals surface area contributed by atoms with E-state index in [0.29, 0.717) is 18.5 Å². The molecule has 11 heteroatoms. The molecule has 1 aromatic carbocycles. The summed E-state index contributed by atoms with van der Waals surface area (Å²) in [6.45, 7) is 10.5. The largest absolute Gasteiger partial charge is 0.379 e. The highest BCUT2D eigenvalue weighted by atomic mass is 16.5. The molecule has 5 rings (SSSR count). The third kappa shape index (κ3) is 7.81. The van der Waals surface area contributed by atoms with Gasteiger partial charge in [-0.2, -0.15) is 4.98 Å². The number of hydrogen-bond donors (Lipinski definition) is 4. The molecular formula is C26H40N10O. The quantitative estimate of drug-likeness (QED) is 0.254. The van der Waals surface area contributed by atoms with Gasteiger partial charge in [0.25, 0.3) is 0 Å². The lowest BCUT2D eigenvalue weighted by Crippen LogP contribution is -2.37. The van der Waals surface area contributed by atoms with Crippen LogP contribution in [-0.2, 0) is 17.8 Å². The minimum atomic E-state index is 0.423. The zero-order valence-corrected chi connectivity index (χ0v) is 21.7. The van der Waals surface area contributed by atoms with Gasteiger partial charge in [-0.3, -0.25) is 9.58 Å². The number of aryl methyl sites for hydroxylation is 1. The maximum absolute atomic E-state index is 5.40. The van der Waals surface area contributed by atoms with Gasteiger partial charge in [0, 0.05) is 31.1 Å². The van der Waals surface area contributed by atoms with Crippen molar-refractivity contribution in [1.29, 1.82) is 0 Å². The summed E-state index contributed by atoms with van der Waals surface area (Å²) in [6, 6.07) is 8.58. The van der Waals surface area contributed by atoms with E-state index in [0.717, 1.165) is 107 Å². The molecule has 37 heavy (non-hydrogen) atoms. The fourth-order valence-electron chi connectivity index (χ4n) is 4.87. The van der Waals surface area contributed by atoms with Gasteiger partial charge in [0.1, 0.15) is 11.5 Å². The predicted molar refractivity (Wildman–Crippen MR) is 146 cm³/mol. The second-order valence-corrected chi connectivity index (χ2v) is 9.82. The lowest BCUT2D eigenvalue weighted by Gasteiger charge is -2.26. The van der Waals surface area contributed by atoms with Gasteiger partial charge in [0.2, 0.25) is 5.95 Å². The molecule has 0 atom stereocenters. The highest BCUT2D eigenvalue weighted by Crippen LogP contribution is 2.24. The molecule has 2 aromatic heterocycles. The summed E-state index contributed by atoms with van der Waals surface area (Å²) in [5, 5.41) is 23.6. The zero-order chi connectivity index (χ0) is 25.1. The van der Waals surface area contributed by atoms with Crippen molar-refractivity contribution in [1.82, 2.24) is 40.5 Å². The molecule has 11 nitrogen and oxygen atoms in total. The van der Waals surface area contributed by atoms with Crippen LogP contribution in [0.4, 0.5) is 11.8 Å². The van der Waals surface area contributed by atoms with Crippen molar-refractivity contribution in [3.63, 3.8) is 0 Å². The Hall–Kier alpha value is -2.86. The van der Waals surface area contributed by atoms with Crippen molar-refractivity contribution in [2.45, 2.75) is 44.8 Å². The van der Waals surface area contributed by atoms with E-state index in [9.17, 15) is 0 Å². The van der Waals surface area contributed by atoms with Gasteiger partial charge in [-0.25, -0.2) is 4.98 Å². The number of morpholine rings is 1. The Morgan fingerprint density at radius 3 is 2.68 bits per heavy atom. The molecule has 0 saturated carbocycles. The molecule has 0 radical (unpaired) electrons. The van der Waals surface area contributed by atoms with E-state index in [2.05, 4.69) is 42.5 Å². The Labute approximate surface area is 218 Å². The predicted octanol–water partition coefficient (Wildman–Crippen LogP) is 1.70. The number of benzene rings is 1. The number of anilines is 2. The summed E-state index contributed by atoms with van der Waals surface area (Å²) in [5.74, 6) is 1.49. The first kappa shape index (κ1) is 25.8.